The molecule has 0 aromatic heterocycles. The summed E-state index contributed by atoms with van der Waals surface area (Å²) in [4.78, 5) is 50.9. The van der Waals surface area contributed by atoms with E-state index in [-0.39, 0.29) is 37.6 Å². The van der Waals surface area contributed by atoms with E-state index in [1.165, 1.54) is 4.90 Å². The number of halogens is 1. The molecule has 1 N–H and O–H groups in total. The summed E-state index contributed by atoms with van der Waals surface area (Å²) in [7, 11) is 3.13. The Morgan fingerprint density at radius 3 is 2.70 bits per heavy atom. The number of oxime groups is 1. The van der Waals surface area contributed by atoms with Gasteiger partial charge >= 0.3 is 0 Å². The van der Waals surface area contributed by atoms with Crippen LogP contribution >= 0.6 is 15.9 Å². The van der Waals surface area contributed by atoms with Crippen LogP contribution in [0.3, 0.4) is 0 Å². The molecule has 2 fully saturated rings. The molecule has 0 radical (unpaired) electrons. The van der Waals surface area contributed by atoms with Crippen molar-refractivity contribution >= 4 is 39.4 Å². The second-order valence-corrected chi connectivity index (χ2v) is 11.8. The molecule has 7 rings (SSSR count). The quantitative estimate of drug-likeness (QED) is 0.259. The molecule has 1 unspecified atom stereocenters. The predicted molar refractivity (Wildman–Crippen MR) is 154 cm³/mol. The lowest BCUT2D eigenvalue weighted by Gasteiger charge is -2.38. The van der Waals surface area contributed by atoms with E-state index in [0.717, 1.165) is 15.6 Å². The van der Waals surface area contributed by atoms with Crippen molar-refractivity contribution in [2.45, 2.75) is 24.9 Å². The first kappa shape index (κ1) is 27.9. The van der Waals surface area contributed by atoms with Gasteiger partial charge in [0.05, 0.1) is 38.0 Å². The monoisotopic (exact) mass is 652 g/mol. The molecule has 2 saturated heterocycles. The van der Waals surface area contributed by atoms with Crippen LogP contribution in [0.4, 0.5) is 0 Å². The summed E-state index contributed by atoms with van der Waals surface area (Å²) in [5.74, 6) is -1.31. The molecule has 2 aromatic carbocycles. The van der Waals surface area contributed by atoms with Gasteiger partial charge in [0.15, 0.2) is 17.7 Å². The highest BCUT2D eigenvalue weighted by molar-refractivity contribution is 9.10. The standard InChI is InChI=1S/C30H29BrN4O8/c1-39-10-9-32-27(36)26-24-23(28(37)34(29(24)38)13-15-3-7-21-22(11-15)42-14-41-21)19-6-5-17-25(33-43-30(17)35(19)26)18-12-16(31)4-8-20(18)40-2/h3-8,11-12,17,19,23-24,26,30H,9-10,13-14H2,1-2H3,(H,32,36)/t17-,19?,23+,24+,26+,30+/m1/s1. The number of carbonyl (C=O) groups is 3. The Morgan fingerprint density at radius 2 is 1.88 bits per heavy atom. The molecule has 43 heavy (non-hydrogen) atoms. The van der Waals surface area contributed by atoms with Crippen LogP contribution < -0.4 is 19.5 Å². The van der Waals surface area contributed by atoms with Crippen LogP contribution in [-0.2, 0) is 30.5 Å². The van der Waals surface area contributed by atoms with Crippen molar-refractivity contribution in [3.8, 4) is 17.2 Å². The van der Waals surface area contributed by atoms with E-state index in [2.05, 4.69) is 26.4 Å². The van der Waals surface area contributed by atoms with Crippen molar-refractivity contribution in [1.29, 1.82) is 0 Å². The van der Waals surface area contributed by atoms with Crippen LogP contribution in [-0.4, -0.2) is 85.7 Å². The molecule has 2 aromatic rings. The molecular weight excluding hydrogens is 624 g/mol. The van der Waals surface area contributed by atoms with Crippen LogP contribution in [0.25, 0.3) is 0 Å². The minimum absolute atomic E-state index is 0.0637. The highest BCUT2D eigenvalue weighted by atomic mass is 79.9. The van der Waals surface area contributed by atoms with Crippen LogP contribution in [0.15, 0.2) is 58.2 Å². The van der Waals surface area contributed by atoms with Crippen LogP contribution in [0.5, 0.6) is 17.2 Å². The highest BCUT2D eigenvalue weighted by Crippen LogP contribution is 2.49. The second-order valence-electron chi connectivity index (χ2n) is 10.9. The lowest BCUT2D eigenvalue weighted by molar-refractivity contribution is -0.149. The number of ether oxygens (including phenoxy) is 4. The van der Waals surface area contributed by atoms with E-state index in [1.807, 2.05) is 35.3 Å². The molecule has 5 heterocycles. The van der Waals surface area contributed by atoms with Gasteiger partial charge in [-0.25, -0.2) is 4.90 Å². The Hall–Kier alpha value is -3.94. The SMILES string of the molecule is COCCNC(=O)[C@@H]1[C@H]2C(=O)N(Cc3ccc4c(c3)OCO4)C(=O)[C@H]2C2C=C[C@@H]3C(c4cc(Br)ccc4OC)=NO[C@@H]3N21. The van der Waals surface area contributed by atoms with E-state index in [9.17, 15) is 14.4 Å². The Bertz CT molecular complexity index is 1560. The number of hydrogen-bond donors (Lipinski definition) is 1. The first-order chi connectivity index (χ1) is 20.9. The molecule has 0 aliphatic carbocycles. The van der Waals surface area contributed by atoms with Crippen LogP contribution in [0, 0.1) is 17.8 Å². The third-order valence-corrected chi connectivity index (χ3v) is 9.14. The molecule has 3 amide bonds. The fourth-order valence-corrected chi connectivity index (χ4v) is 7.13. The molecule has 13 heteroatoms. The number of imide groups is 1. The van der Waals surface area contributed by atoms with E-state index in [0.29, 0.717) is 29.6 Å². The molecule has 0 bridgehead atoms. The maximum absolute atomic E-state index is 14.0. The van der Waals surface area contributed by atoms with Crippen molar-refractivity contribution < 1.29 is 38.2 Å². The fourth-order valence-electron chi connectivity index (χ4n) is 6.77. The average Bonchev–Trinajstić information content (AvgIpc) is 3.77. The number of nitrogens with zero attached hydrogens (tertiary/aromatic N) is 3. The third kappa shape index (κ3) is 4.48. The number of amides is 3. The number of hydrogen-bond acceptors (Lipinski definition) is 10. The van der Waals surface area contributed by atoms with Crippen molar-refractivity contribution in [3.05, 3.63) is 64.1 Å². The van der Waals surface area contributed by atoms with Crippen molar-refractivity contribution in [1.82, 2.24) is 15.1 Å². The normalized spacial score (nSPS) is 28.3. The number of carbonyl (C=O) groups excluding carboxylic acids is 3. The van der Waals surface area contributed by atoms with Gasteiger partial charge in [0.2, 0.25) is 24.5 Å². The Labute approximate surface area is 255 Å². The fraction of sp³-hybridized carbons (Fsp3) is 0.400. The molecule has 6 atom stereocenters. The van der Waals surface area contributed by atoms with Crippen LogP contribution in [0.1, 0.15) is 11.1 Å². The summed E-state index contributed by atoms with van der Waals surface area (Å²) in [6.45, 7) is 0.747. The van der Waals surface area contributed by atoms with Crippen molar-refractivity contribution in [3.63, 3.8) is 0 Å². The van der Waals surface area contributed by atoms with Crippen LogP contribution in [0.2, 0.25) is 0 Å². The van der Waals surface area contributed by atoms with Gasteiger partial charge in [-0.15, -0.1) is 0 Å². The number of fused-ring (bicyclic) bond motifs is 6. The zero-order valence-electron chi connectivity index (χ0n) is 23.4. The molecule has 5 aliphatic rings. The van der Waals surface area contributed by atoms with E-state index in [4.69, 9.17) is 23.8 Å². The van der Waals surface area contributed by atoms with E-state index >= 15 is 0 Å². The van der Waals surface area contributed by atoms with Gasteiger partial charge in [0.25, 0.3) is 0 Å². The maximum atomic E-state index is 14.0. The van der Waals surface area contributed by atoms with Gasteiger partial charge < -0.3 is 29.1 Å². The first-order valence-corrected chi connectivity index (χ1v) is 14.7. The van der Waals surface area contributed by atoms with Gasteiger partial charge in [0.1, 0.15) is 17.5 Å². The summed E-state index contributed by atoms with van der Waals surface area (Å²) < 4.78 is 22.4. The van der Waals surface area contributed by atoms with Crippen molar-refractivity contribution in [2.24, 2.45) is 22.9 Å². The average molecular weight is 653 g/mol. The lowest BCUT2D eigenvalue weighted by atomic mass is 9.87. The highest BCUT2D eigenvalue weighted by Gasteiger charge is 2.67. The molecule has 224 valence electrons. The molecule has 0 spiro atoms. The summed E-state index contributed by atoms with van der Waals surface area (Å²) >= 11 is 3.52. The number of benzene rings is 2. The minimum atomic E-state index is -0.957. The van der Waals surface area contributed by atoms with Gasteiger partial charge in [0, 0.05) is 29.7 Å². The van der Waals surface area contributed by atoms with Gasteiger partial charge in [-0.05, 0) is 35.9 Å². The van der Waals surface area contributed by atoms with Gasteiger partial charge in [-0.2, -0.15) is 0 Å². The minimum Gasteiger partial charge on any atom is -0.496 e. The maximum Gasteiger partial charge on any atom is 0.238 e. The number of rotatable bonds is 8. The Morgan fingerprint density at radius 1 is 1.07 bits per heavy atom. The summed E-state index contributed by atoms with van der Waals surface area (Å²) in [6.07, 6.45) is 3.17. The number of nitrogens with one attached hydrogen (secondary N) is 1. The van der Waals surface area contributed by atoms with Gasteiger partial charge in [-0.3, -0.25) is 19.3 Å². The zero-order valence-corrected chi connectivity index (χ0v) is 25.0. The Kier molecular flexibility index (Phi) is 7.10. The summed E-state index contributed by atoms with van der Waals surface area (Å²) in [5, 5.41) is 7.32. The zero-order chi connectivity index (χ0) is 29.8. The number of methoxy groups -OCH3 is 2. The molecule has 12 nitrogen and oxygen atoms in total. The smallest absolute Gasteiger partial charge is 0.238 e. The predicted octanol–water partition coefficient (Wildman–Crippen LogP) is 2.05. The first-order valence-electron chi connectivity index (χ1n) is 13.9. The third-order valence-electron chi connectivity index (χ3n) is 8.64. The largest absolute Gasteiger partial charge is 0.496 e. The topological polar surface area (TPSA) is 128 Å². The Balaban J connectivity index is 1.21. The lowest BCUT2D eigenvalue weighted by Crippen LogP contribution is -2.57. The summed E-state index contributed by atoms with van der Waals surface area (Å²) in [5.41, 5.74) is 2.11. The number of likely N-dealkylation sites (tertiary alicyclic amines) is 1. The summed E-state index contributed by atoms with van der Waals surface area (Å²) in [6, 6.07) is 9.44. The van der Waals surface area contributed by atoms with E-state index in [1.54, 1.807) is 32.4 Å². The molecule has 0 saturated carbocycles. The molecular formula is C30H29BrN4O8. The van der Waals surface area contributed by atoms with Gasteiger partial charge in [-0.1, -0.05) is 39.3 Å². The van der Waals surface area contributed by atoms with E-state index < -0.39 is 36.1 Å². The van der Waals surface area contributed by atoms with Crippen molar-refractivity contribution in [2.75, 3.05) is 34.2 Å². The second kappa shape index (κ2) is 11.0. The molecule has 5 aliphatic heterocycles.